The van der Waals surface area contributed by atoms with Gasteiger partial charge in [0.05, 0.1) is 16.8 Å². The van der Waals surface area contributed by atoms with Gasteiger partial charge in [0.1, 0.15) is 18.6 Å². The van der Waals surface area contributed by atoms with Crippen molar-refractivity contribution in [3.05, 3.63) is 58.9 Å². The predicted octanol–water partition coefficient (Wildman–Crippen LogP) is 6.68. The van der Waals surface area contributed by atoms with E-state index in [9.17, 15) is 14.4 Å². The Morgan fingerprint density at radius 3 is 2.53 bits per heavy atom. The second-order valence-corrected chi connectivity index (χ2v) is 14.5. The van der Waals surface area contributed by atoms with Crippen LogP contribution in [-0.2, 0) is 22.5 Å². The molecule has 2 aromatic carbocycles. The fourth-order valence-electron chi connectivity index (χ4n) is 5.17. The molecule has 1 aliphatic heterocycles. The molecule has 232 valence electrons. The van der Waals surface area contributed by atoms with Crippen LogP contribution in [-0.4, -0.2) is 47.6 Å². The number of aromatic nitrogens is 1. The molecular formula is C32H41FN4O4S2. The average molecular weight is 629 g/mol. The Labute approximate surface area is 260 Å². The summed E-state index contributed by atoms with van der Waals surface area (Å²) < 4.78 is 22.6. The van der Waals surface area contributed by atoms with Gasteiger partial charge in [-0.15, -0.1) is 0 Å². The Balaban J connectivity index is 1.71. The predicted molar refractivity (Wildman–Crippen MR) is 174 cm³/mol. The van der Waals surface area contributed by atoms with Crippen molar-refractivity contribution in [1.82, 2.24) is 20.5 Å². The smallest absolute Gasteiger partial charge is 0.408 e. The lowest BCUT2D eigenvalue weighted by Crippen LogP contribution is -2.34. The normalized spacial score (nSPS) is 14.0. The van der Waals surface area contributed by atoms with E-state index in [1.807, 2.05) is 56.7 Å². The summed E-state index contributed by atoms with van der Waals surface area (Å²) >= 11 is 0. The molecule has 8 nitrogen and oxygen atoms in total. The number of hydrogen-bond donors (Lipinski definition) is 3. The zero-order chi connectivity index (χ0) is 31.3. The van der Waals surface area contributed by atoms with Gasteiger partial charge in [0.15, 0.2) is 0 Å². The Hall–Kier alpha value is -3.02. The lowest BCUT2D eigenvalue weighted by molar-refractivity contribution is -0.117. The van der Waals surface area contributed by atoms with Crippen molar-refractivity contribution in [2.75, 3.05) is 26.0 Å². The molecule has 0 fully saturated rings. The van der Waals surface area contributed by atoms with Crippen LogP contribution < -0.4 is 16.0 Å². The first-order valence-electron chi connectivity index (χ1n) is 14.6. The van der Waals surface area contributed by atoms with Crippen LogP contribution in [0.2, 0.25) is 0 Å². The number of nitrogens with one attached hydrogen (secondary N) is 3. The van der Waals surface area contributed by atoms with Crippen LogP contribution in [0.4, 0.5) is 9.18 Å². The number of carbonyl (C=O) groups is 3. The van der Waals surface area contributed by atoms with Crippen molar-refractivity contribution >= 4 is 49.6 Å². The van der Waals surface area contributed by atoms with Gasteiger partial charge in [0.2, 0.25) is 5.12 Å². The molecule has 0 unspecified atom stereocenters. The molecule has 0 saturated heterocycles. The molecule has 0 spiro atoms. The van der Waals surface area contributed by atoms with E-state index >= 15 is 4.39 Å². The fourth-order valence-corrected chi connectivity index (χ4v) is 7.28. The third-order valence-electron chi connectivity index (χ3n) is 7.12. The molecule has 43 heavy (non-hydrogen) atoms. The van der Waals surface area contributed by atoms with Crippen LogP contribution >= 0.6 is 21.6 Å². The van der Waals surface area contributed by atoms with Gasteiger partial charge in [0, 0.05) is 29.6 Å². The van der Waals surface area contributed by atoms with Crippen LogP contribution in [0.3, 0.4) is 0 Å². The van der Waals surface area contributed by atoms with Crippen molar-refractivity contribution in [3.63, 3.8) is 0 Å². The second kappa shape index (κ2) is 14.2. The summed E-state index contributed by atoms with van der Waals surface area (Å²) in [6.07, 6.45) is -0.0649. The zero-order valence-corrected chi connectivity index (χ0v) is 27.3. The highest BCUT2D eigenvalue weighted by molar-refractivity contribution is 8.82. The molecular weight excluding hydrogens is 588 g/mol. The molecule has 2 amide bonds. The molecule has 1 aromatic heterocycles. The molecule has 0 aliphatic carbocycles. The minimum atomic E-state index is -0.599. The topological polar surface area (TPSA) is 101 Å². The van der Waals surface area contributed by atoms with E-state index in [1.165, 1.54) is 22.9 Å². The van der Waals surface area contributed by atoms with Gasteiger partial charge in [-0.3, -0.25) is 9.59 Å². The summed E-state index contributed by atoms with van der Waals surface area (Å²) in [5.74, 6) is -0.203. The summed E-state index contributed by atoms with van der Waals surface area (Å²) in [5, 5.41) is 9.85. The number of benzene rings is 2. The summed E-state index contributed by atoms with van der Waals surface area (Å²) in [7, 11) is 4.41. The van der Waals surface area contributed by atoms with Crippen LogP contribution in [0.15, 0.2) is 36.4 Å². The lowest BCUT2D eigenvalue weighted by Gasteiger charge is -2.26. The number of alkyl carbamates (subject to hydrolysis) is 1. The SMILES string of the molecule is CNCc1ccc(-c2c3c4c(cc(F)cc4n2[C@@H](CC(C)C)NC(=O)OCCSSC(=O)C(C)(C)C)C(=O)NCC3)cc1. The van der Waals surface area contributed by atoms with E-state index in [-0.39, 0.29) is 23.5 Å². The quantitative estimate of drug-likeness (QED) is 0.161. The number of hydrogen-bond acceptors (Lipinski definition) is 7. The maximum Gasteiger partial charge on any atom is 0.408 e. The first-order valence-corrected chi connectivity index (χ1v) is 16.9. The molecule has 3 aromatic rings. The number of halogens is 1. The van der Waals surface area contributed by atoms with E-state index in [0.717, 1.165) is 33.2 Å². The molecule has 1 aliphatic rings. The van der Waals surface area contributed by atoms with E-state index in [4.69, 9.17) is 4.74 Å². The van der Waals surface area contributed by atoms with Gasteiger partial charge < -0.3 is 25.3 Å². The number of nitrogens with zero attached hydrogens (tertiary/aromatic N) is 1. The van der Waals surface area contributed by atoms with Gasteiger partial charge in [0.25, 0.3) is 5.91 Å². The summed E-state index contributed by atoms with van der Waals surface area (Å²) in [5.41, 5.74) is 4.20. The van der Waals surface area contributed by atoms with Crippen LogP contribution in [0, 0.1) is 17.2 Å². The van der Waals surface area contributed by atoms with Crippen molar-refractivity contribution in [1.29, 1.82) is 0 Å². The molecule has 4 rings (SSSR count). The Kier molecular flexibility index (Phi) is 10.8. The van der Waals surface area contributed by atoms with E-state index < -0.39 is 23.5 Å². The van der Waals surface area contributed by atoms with Gasteiger partial charge >= 0.3 is 6.09 Å². The third kappa shape index (κ3) is 7.93. The Morgan fingerprint density at radius 2 is 1.88 bits per heavy atom. The van der Waals surface area contributed by atoms with Crippen LogP contribution in [0.1, 0.15) is 68.7 Å². The van der Waals surface area contributed by atoms with Crippen molar-refractivity contribution in [2.24, 2.45) is 11.3 Å². The summed E-state index contributed by atoms with van der Waals surface area (Å²) in [6, 6.07) is 10.9. The Bertz CT molecular complexity index is 1480. The van der Waals surface area contributed by atoms with E-state index in [1.54, 1.807) is 0 Å². The Morgan fingerprint density at radius 1 is 1.16 bits per heavy atom. The maximum absolute atomic E-state index is 15.1. The maximum atomic E-state index is 15.1. The number of carbonyl (C=O) groups excluding carboxylic acids is 3. The van der Waals surface area contributed by atoms with Gasteiger partial charge in [-0.2, -0.15) is 0 Å². The molecule has 11 heteroatoms. The van der Waals surface area contributed by atoms with Crippen molar-refractivity contribution < 1.29 is 23.5 Å². The minimum absolute atomic E-state index is 0.0641. The van der Waals surface area contributed by atoms with Gasteiger partial charge in [-0.1, -0.05) is 69.7 Å². The highest BCUT2D eigenvalue weighted by atomic mass is 33.1. The largest absolute Gasteiger partial charge is 0.449 e. The number of rotatable bonds is 11. The monoisotopic (exact) mass is 628 g/mol. The minimum Gasteiger partial charge on any atom is -0.449 e. The highest BCUT2D eigenvalue weighted by Gasteiger charge is 2.30. The van der Waals surface area contributed by atoms with E-state index in [2.05, 4.69) is 29.8 Å². The van der Waals surface area contributed by atoms with Crippen molar-refractivity contribution in [2.45, 2.75) is 60.2 Å². The van der Waals surface area contributed by atoms with Crippen LogP contribution in [0.25, 0.3) is 22.2 Å². The van der Waals surface area contributed by atoms with Gasteiger partial charge in [-0.05, 0) is 65.4 Å². The first kappa shape index (κ1) is 32.9. The molecule has 0 bridgehead atoms. The van der Waals surface area contributed by atoms with Gasteiger partial charge in [-0.25, -0.2) is 9.18 Å². The van der Waals surface area contributed by atoms with E-state index in [0.29, 0.717) is 48.2 Å². The summed E-state index contributed by atoms with van der Waals surface area (Å²) in [4.78, 5) is 38.3. The standard InChI is InChI=1S/C32H41FN4O4S2/c1-19(2)15-26(36-31(40)41-13-14-42-43-30(39)32(3,4)5)37-25-17-22(33)16-24-27(25)23(11-12-35-29(24)38)28(37)21-9-7-20(8-10-21)18-34-6/h7-10,16-17,19,26,34H,11-15,18H2,1-6H3,(H,35,38)(H,36,40)/t26-/m0/s1. The van der Waals surface area contributed by atoms with Crippen LogP contribution in [0.5, 0.6) is 0 Å². The molecule has 3 N–H and O–H groups in total. The fraction of sp³-hybridized carbons (Fsp3) is 0.469. The summed E-state index contributed by atoms with van der Waals surface area (Å²) in [6.45, 7) is 11.0. The molecule has 1 atom stereocenters. The number of amides is 2. The zero-order valence-electron chi connectivity index (χ0n) is 25.6. The third-order valence-corrected chi connectivity index (χ3v) is 9.64. The average Bonchev–Trinajstić information content (AvgIpc) is 3.15. The number of ether oxygens (including phenoxy) is 1. The molecule has 0 radical (unpaired) electrons. The first-order chi connectivity index (χ1) is 20.4. The van der Waals surface area contributed by atoms with Crippen molar-refractivity contribution in [3.8, 4) is 11.3 Å². The molecule has 2 heterocycles. The lowest BCUT2D eigenvalue weighted by atomic mass is 9.99. The highest BCUT2D eigenvalue weighted by Crippen LogP contribution is 2.40. The molecule has 0 saturated carbocycles. The second-order valence-electron chi connectivity index (χ2n) is 12.1.